The number of urea groups is 1. The minimum atomic E-state index is -0.313. The Hall–Kier alpha value is -0.810. The molecule has 0 bridgehead atoms. The van der Waals surface area contributed by atoms with E-state index in [1.165, 1.54) is 9.80 Å². The second-order valence-electron chi connectivity index (χ2n) is 2.76. The zero-order valence-electron chi connectivity index (χ0n) is 7.77. The van der Waals surface area contributed by atoms with Crippen molar-refractivity contribution < 1.29 is 14.3 Å². The molecule has 1 rings (SSSR count). The second-order valence-corrected chi connectivity index (χ2v) is 2.76. The van der Waals surface area contributed by atoms with Gasteiger partial charge in [-0.05, 0) is 0 Å². The molecule has 0 aliphatic carbocycles. The van der Waals surface area contributed by atoms with Crippen molar-refractivity contribution >= 4 is 6.03 Å². The van der Waals surface area contributed by atoms with Crippen molar-refractivity contribution in [3.05, 3.63) is 0 Å². The summed E-state index contributed by atoms with van der Waals surface area (Å²) in [5.74, 6) is 0. The second kappa shape index (κ2) is 3.28. The Morgan fingerprint density at radius 2 is 1.42 bits per heavy atom. The van der Waals surface area contributed by atoms with Crippen molar-refractivity contribution in [1.82, 2.24) is 9.80 Å². The monoisotopic (exact) mass is 174 g/mol. The number of carbonyl (C=O) groups excluding carboxylic acids is 1. The molecule has 0 aromatic heterocycles. The van der Waals surface area contributed by atoms with Crippen LogP contribution in [0.1, 0.15) is 0 Å². The van der Waals surface area contributed by atoms with E-state index >= 15 is 0 Å². The summed E-state index contributed by atoms with van der Waals surface area (Å²) in [7, 11) is 6.48. The molecule has 5 nitrogen and oxygen atoms in total. The quantitative estimate of drug-likeness (QED) is 0.588. The first-order chi connectivity index (χ1) is 5.63. The summed E-state index contributed by atoms with van der Waals surface area (Å²) in [4.78, 5) is 14.4. The molecular weight excluding hydrogens is 160 g/mol. The van der Waals surface area contributed by atoms with E-state index in [4.69, 9.17) is 9.47 Å². The first kappa shape index (κ1) is 9.28. The van der Waals surface area contributed by atoms with Crippen molar-refractivity contribution in [3.8, 4) is 0 Å². The highest BCUT2D eigenvalue weighted by Gasteiger charge is 2.42. The van der Waals surface area contributed by atoms with Gasteiger partial charge in [-0.1, -0.05) is 0 Å². The van der Waals surface area contributed by atoms with E-state index in [2.05, 4.69) is 0 Å². The molecule has 0 radical (unpaired) electrons. The van der Waals surface area contributed by atoms with Crippen molar-refractivity contribution in [3.63, 3.8) is 0 Å². The first-order valence-corrected chi connectivity index (χ1v) is 3.68. The largest absolute Gasteiger partial charge is 0.357 e. The van der Waals surface area contributed by atoms with Crippen LogP contribution in [-0.4, -0.2) is 56.6 Å². The number of ether oxygens (including phenoxy) is 2. The molecule has 1 aliphatic rings. The Morgan fingerprint density at radius 3 is 1.67 bits per heavy atom. The molecule has 0 spiro atoms. The van der Waals surface area contributed by atoms with Gasteiger partial charge in [-0.25, -0.2) is 4.79 Å². The van der Waals surface area contributed by atoms with Crippen LogP contribution >= 0.6 is 0 Å². The van der Waals surface area contributed by atoms with Crippen LogP contribution in [0.2, 0.25) is 0 Å². The normalized spacial score (nSPS) is 30.2. The smallest absolute Gasteiger partial charge is 0.323 e. The van der Waals surface area contributed by atoms with Gasteiger partial charge in [-0.3, -0.25) is 9.80 Å². The van der Waals surface area contributed by atoms with Crippen LogP contribution in [0.4, 0.5) is 4.79 Å². The standard InChI is InChI=1S/C7H14N2O3/c1-8-5(11-3)6(12-4)9(2)7(8)10/h5-6H,1-4H3. The van der Waals surface area contributed by atoms with Gasteiger partial charge in [0.2, 0.25) is 0 Å². The molecule has 1 fully saturated rings. The molecule has 0 aromatic carbocycles. The van der Waals surface area contributed by atoms with Crippen LogP contribution in [-0.2, 0) is 9.47 Å². The zero-order valence-corrected chi connectivity index (χ0v) is 7.77. The summed E-state index contributed by atoms with van der Waals surface area (Å²) in [6.45, 7) is 0. The van der Waals surface area contributed by atoms with E-state index in [0.717, 1.165) is 0 Å². The van der Waals surface area contributed by atoms with Gasteiger partial charge < -0.3 is 9.47 Å². The highest BCUT2D eigenvalue weighted by atomic mass is 16.6. The van der Waals surface area contributed by atoms with E-state index in [9.17, 15) is 4.79 Å². The highest BCUT2D eigenvalue weighted by Crippen LogP contribution is 2.20. The number of likely N-dealkylation sites (N-methyl/N-ethyl adjacent to an activating group) is 2. The fourth-order valence-corrected chi connectivity index (χ4v) is 1.40. The Morgan fingerprint density at radius 1 is 1.08 bits per heavy atom. The Kier molecular flexibility index (Phi) is 2.54. The summed E-state index contributed by atoms with van der Waals surface area (Å²) in [5, 5.41) is 0. The maximum absolute atomic E-state index is 11.3. The lowest BCUT2D eigenvalue weighted by Crippen LogP contribution is -2.37. The van der Waals surface area contributed by atoms with E-state index in [-0.39, 0.29) is 18.5 Å². The van der Waals surface area contributed by atoms with Gasteiger partial charge in [0.25, 0.3) is 0 Å². The van der Waals surface area contributed by atoms with Gasteiger partial charge in [-0.15, -0.1) is 0 Å². The summed E-state index contributed by atoms with van der Waals surface area (Å²) < 4.78 is 10.2. The molecule has 70 valence electrons. The third-order valence-corrected chi connectivity index (χ3v) is 2.09. The molecule has 0 N–H and O–H groups in total. The van der Waals surface area contributed by atoms with Gasteiger partial charge in [-0.2, -0.15) is 0 Å². The molecule has 1 saturated heterocycles. The number of hydrogen-bond acceptors (Lipinski definition) is 3. The molecule has 5 heteroatoms. The van der Waals surface area contributed by atoms with Crippen molar-refractivity contribution in [2.24, 2.45) is 0 Å². The van der Waals surface area contributed by atoms with Crippen molar-refractivity contribution in [2.45, 2.75) is 12.5 Å². The lowest BCUT2D eigenvalue weighted by atomic mass is 10.5. The third-order valence-electron chi connectivity index (χ3n) is 2.09. The number of amides is 2. The molecule has 1 aliphatic heterocycles. The Labute approximate surface area is 71.8 Å². The summed E-state index contributed by atoms with van der Waals surface area (Å²) in [6.07, 6.45) is -0.625. The third kappa shape index (κ3) is 1.15. The predicted molar refractivity (Wildman–Crippen MR) is 42.5 cm³/mol. The summed E-state index contributed by atoms with van der Waals surface area (Å²) in [5.41, 5.74) is 0. The molecule has 0 saturated carbocycles. The summed E-state index contributed by atoms with van der Waals surface area (Å²) >= 11 is 0. The van der Waals surface area contributed by atoms with Crippen molar-refractivity contribution in [1.29, 1.82) is 0 Å². The van der Waals surface area contributed by atoms with Crippen LogP contribution in [0.15, 0.2) is 0 Å². The fraction of sp³-hybridized carbons (Fsp3) is 0.857. The van der Waals surface area contributed by atoms with Gasteiger partial charge in [0.05, 0.1) is 0 Å². The number of nitrogens with zero attached hydrogens (tertiary/aromatic N) is 2. The van der Waals surface area contributed by atoms with E-state index < -0.39 is 0 Å². The van der Waals surface area contributed by atoms with E-state index in [1.54, 1.807) is 28.3 Å². The topological polar surface area (TPSA) is 42.0 Å². The van der Waals surface area contributed by atoms with Gasteiger partial charge in [0, 0.05) is 28.3 Å². The minimum absolute atomic E-state index is 0.0892. The van der Waals surface area contributed by atoms with Gasteiger partial charge in [0.15, 0.2) is 12.5 Å². The molecule has 2 atom stereocenters. The van der Waals surface area contributed by atoms with Crippen molar-refractivity contribution in [2.75, 3.05) is 28.3 Å². The molecule has 0 aromatic rings. The lowest BCUT2D eigenvalue weighted by molar-refractivity contribution is -0.0980. The predicted octanol–water partition coefficient (Wildman–Crippen LogP) is -0.0714. The first-order valence-electron chi connectivity index (χ1n) is 3.68. The van der Waals surface area contributed by atoms with Crippen LogP contribution in [0.5, 0.6) is 0 Å². The zero-order chi connectivity index (χ0) is 9.30. The maximum atomic E-state index is 11.3. The lowest BCUT2D eigenvalue weighted by Gasteiger charge is -2.21. The average Bonchev–Trinajstić information content (AvgIpc) is 2.29. The van der Waals surface area contributed by atoms with Crippen LogP contribution < -0.4 is 0 Å². The number of rotatable bonds is 2. The molecular formula is C7H14N2O3. The Balaban J connectivity index is 2.79. The molecule has 1 heterocycles. The van der Waals surface area contributed by atoms with Crippen LogP contribution in [0, 0.1) is 0 Å². The van der Waals surface area contributed by atoms with E-state index in [0.29, 0.717) is 0 Å². The van der Waals surface area contributed by atoms with Crippen LogP contribution in [0.25, 0.3) is 0 Å². The Bertz CT molecular complexity index is 167. The number of methoxy groups -OCH3 is 2. The molecule has 2 amide bonds. The number of carbonyl (C=O) groups is 1. The van der Waals surface area contributed by atoms with Crippen LogP contribution in [0.3, 0.4) is 0 Å². The molecule has 12 heavy (non-hydrogen) atoms. The fourth-order valence-electron chi connectivity index (χ4n) is 1.40. The highest BCUT2D eigenvalue weighted by molar-refractivity contribution is 5.76. The molecule has 2 unspecified atom stereocenters. The minimum Gasteiger partial charge on any atom is -0.357 e. The van der Waals surface area contributed by atoms with Gasteiger partial charge in [0.1, 0.15) is 0 Å². The average molecular weight is 174 g/mol. The SMILES string of the molecule is COC1C(OC)N(C)C(=O)N1C. The number of hydrogen-bond donors (Lipinski definition) is 0. The maximum Gasteiger partial charge on any atom is 0.323 e. The summed E-state index contributed by atoms with van der Waals surface area (Å²) in [6, 6.07) is -0.0892. The van der Waals surface area contributed by atoms with Gasteiger partial charge >= 0.3 is 6.03 Å². The van der Waals surface area contributed by atoms with E-state index in [1.807, 2.05) is 0 Å².